The summed E-state index contributed by atoms with van der Waals surface area (Å²) in [4.78, 5) is 18.5. The summed E-state index contributed by atoms with van der Waals surface area (Å²) in [6.45, 7) is 6.11. The summed E-state index contributed by atoms with van der Waals surface area (Å²) in [5.41, 5.74) is 0. The molecule has 0 spiro atoms. The zero-order valence-electron chi connectivity index (χ0n) is 11.6. The molecule has 0 aromatic carbocycles. The van der Waals surface area contributed by atoms with Gasteiger partial charge < -0.3 is 15.1 Å². The molecule has 1 atom stereocenters. The number of carbonyl (C=O) groups is 1. The van der Waals surface area contributed by atoms with Gasteiger partial charge in [0.05, 0.1) is 6.07 Å². The van der Waals surface area contributed by atoms with Crippen LogP contribution in [0.4, 0.5) is 4.79 Å². The van der Waals surface area contributed by atoms with Crippen molar-refractivity contribution in [3.63, 3.8) is 0 Å². The van der Waals surface area contributed by atoms with E-state index >= 15 is 0 Å². The molecule has 0 aliphatic carbocycles. The molecule has 106 valence electrons. The van der Waals surface area contributed by atoms with Crippen LogP contribution in [-0.4, -0.2) is 79.6 Å². The normalized spacial score (nSPS) is 25.3. The molecule has 2 rings (SSSR count). The monoisotopic (exact) mass is 265 g/mol. The molecule has 0 aromatic rings. The molecule has 2 aliphatic heterocycles. The van der Waals surface area contributed by atoms with Crippen LogP contribution in [0.3, 0.4) is 0 Å². The number of carbonyl (C=O) groups excluding carboxylic acids is 1. The lowest BCUT2D eigenvalue weighted by Crippen LogP contribution is -2.53. The fraction of sp³-hybridized carbons (Fsp3) is 0.846. The molecule has 2 fully saturated rings. The van der Waals surface area contributed by atoms with Gasteiger partial charge in [0.1, 0.15) is 0 Å². The first-order valence-corrected chi connectivity index (χ1v) is 7.02. The minimum absolute atomic E-state index is 0.0697. The van der Waals surface area contributed by atoms with Gasteiger partial charge in [-0.25, -0.2) is 4.79 Å². The number of nitrogens with one attached hydrogen (secondary N) is 1. The Morgan fingerprint density at radius 3 is 2.63 bits per heavy atom. The molecular weight excluding hydrogens is 242 g/mol. The number of likely N-dealkylation sites (N-methyl/N-ethyl adjacent to an activating group) is 1. The largest absolute Gasteiger partial charge is 0.334 e. The summed E-state index contributed by atoms with van der Waals surface area (Å²) >= 11 is 0. The van der Waals surface area contributed by atoms with Gasteiger partial charge in [0.2, 0.25) is 0 Å². The van der Waals surface area contributed by atoms with Crippen molar-refractivity contribution in [3.8, 4) is 6.07 Å². The fourth-order valence-electron chi connectivity index (χ4n) is 2.70. The van der Waals surface area contributed by atoms with Crippen LogP contribution < -0.4 is 5.32 Å². The van der Waals surface area contributed by atoms with Gasteiger partial charge in [0.15, 0.2) is 0 Å². The van der Waals surface area contributed by atoms with E-state index in [1.165, 1.54) is 0 Å². The average molecular weight is 265 g/mol. The third-order valence-electron chi connectivity index (χ3n) is 3.92. The van der Waals surface area contributed by atoms with E-state index < -0.39 is 0 Å². The maximum atomic E-state index is 12.1. The minimum Gasteiger partial charge on any atom is -0.334 e. The molecule has 0 bridgehead atoms. The molecule has 2 heterocycles. The van der Waals surface area contributed by atoms with Crippen molar-refractivity contribution < 1.29 is 4.79 Å². The van der Waals surface area contributed by atoms with E-state index in [2.05, 4.69) is 28.2 Å². The number of hydrogen-bond donors (Lipinski definition) is 1. The van der Waals surface area contributed by atoms with Crippen LogP contribution in [0, 0.1) is 11.3 Å². The predicted molar refractivity (Wildman–Crippen MR) is 72.7 cm³/mol. The lowest BCUT2D eigenvalue weighted by Gasteiger charge is -2.34. The van der Waals surface area contributed by atoms with Crippen molar-refractivity contribution in [2.75, 3.05) is 52.9 Å². The smallest absolute Gasteiger partial charge is 0.317 e. The Labute approximate surface area is 114 Å². The highest BCUT2D eigenvalue weighted by molar-refractivity contribution is 5.74. The van der Waals surface area contributed by atoms with Crippen molar-refractivity contribution in [1.29, 1.82) is 5.26 Å². The van der Waals surface area contributed by atoms with Crippen LogP contribution in [0.15, 0.2) is 0 Å². The van der Waals surface area contributed by atoms with Crippen molar-refractivity contribution in [2.24, 2.45) is 0 Å². The van der Waals surface area contributed by atoms with E-state index in [1.54, 1.807) is 0 Å². The zero-order valence-corrected chi connectivity index (χ0v) is 11.6. The molecule has 6 nitrogen and oxygen atoms in total. The van der Waals surface area contributed by atoms with Crippen LogP contribution in [0.2, 0.25) is 0 Å². The number of hydrogen-bond acceptors (Lipinski definition) is 4. The highest BCUT2D eigenvalue weighted by Crippen LogP contribution is 2.08. The van der Waals surface area contributed by atoms with Gasteiger partial charge in [-0.15, -0.1) is 0 Å². The maximum Gasteiger partial charge on any atom is 0.317 e. The van der Waals surface area contributed by atoms with Gasteiger partial charge in [-0.3, -0.25) is 4.90 Å². The molecule has 1 N–H and O–H groups in total. The van der Waals surface area contributed by atoms with Gasteiger partial charge in [-0.2, -0.15) is 5.26 Å². The molecule has 0 unspecified atom stereocenters. The maximum absolute atomic E-state index is 12.1. The van der Waals surface area contributed by atoms with Gasteiger partial charge in [0, 0.05) is 51.7 Å². The number of rotatable bonds is 3. The first-order chi connectivity index (χ1) is 9.19. The number of nitrogens with zero attached hydrogens (tertiary/aromatic N) is 4. The van der Waals surface area contributed by atoms with Crippen LogP contribution >= 0.6 is 0 Å². The molecule has 0 saturated carbocycles. The minimum atomic E-state index is 0.0697. The SMILES string of the molecule is CN1CC[C@@H](NC(=O)N2CCN(CCC#N)CC2)C1. The van der Waals surface area contributed by atoms with E-state index in [1.807, 2.05) is 4.90 Å². The molecule has 0 aromatic heterocycles. The van der Waals surface area contributed by atoms with Gasteiger partial charge >= 0.3 is 6.03 Å². The Morgan fingerprint density at radius 1 is 1.32 bits per heavy atom. The Bertz CT molecular complexity index is 345. The van der Waals surface area contributed by atoms with Crippen molar-refractivity contribution in [2.45, 2.75) is 18.9 Å². The molecule has 0 radical (unpaired) electrons. The highest BCUT2D eigenvalue weighted by atomic mass is 16.2. The second-order valence-corrected chi connectivity index (χ2v) is 5.43. The third-order valence-corrected chi connectivity index (χ3v) is 3.92. The summed E-state index contributed by atoms with van der Waals surface area (Å²) in [6, 6.07) is 2.53. The second kappa shape index (κ2) is 6.73. The van der Waals surface area contributed by atoms with E-state index in [0.717, 1.165) is 52.2 Å². The van der Waals surface area contributed by atoms with E-state index in [0.29, 0.717) is 12.5 Å². The summed E-state index contributed by atoms with van der Waals surface area (Å²) in [5.74, 6) is 0. The third kappa shape index (κ3) is 4.08. The van der Waals surface area contributed by atoms with Crippen LogP contribution in [0.5, 0.6) is 0 Å². The average Bonchev–Trinajstić information content (AvgIpc) is 2.82. The summed E-state index contributed by atoms with van der Waals surface area (Å²) in [7, 11) is 2.08. The van der Waals surface area contributed by atoms with Crippen molar-refractivity contribution in [3.05, 3.63) is 0 Å². The number of piperazine rings is 1. The Hall–Kier alpha value is -1.32. The summed E-state index contributed by atoms with van der Waals surface area (Å²) < 4.78 is 0. The highest BCUT2D eigenvalue weighted by Gasteiger charge is 2.25. The molecule has 2 amide bonds. The zero-order chi connectivity index (χ0) is 13.7. The Morgan fingerprint density at radius 2 is 2.05 bits per heavy atom. The van der Waals surface area contributed by atoms with Crippen molar-refractivity contribution >= 4 is 6.03 Å². The molecule has 6 heteroatoms. The number of likely N-dealkylation sites (tertiary alicyclic amines) is 1. The molecular formula is C13H23N5O. The van der Waals surface area contributed by atoms with Gasteiger partial charge in [0.25, 0.3) is 0 Å². The fourth-order valence-corrected chi connectivity index (χ4v) is 2.70. The molecule has 2 saturated heterocycles. The number of urea groups is 1. The van der Waals surface area contributed by atoms with Gasteiger partial charge in [-0.1, -0.05) is 0 Å². The lowest BCUT2D eigenvalue weighted by molar-refractivity contribution is 0.139. The van der Waals surface area contributed by atoms with Crippen LogP contribution in [0.25, 0.3) is 0 Å². The molecule has 19 heavy (non-hydrogen) atoms. The summed E-state index contributed by atoms with van der Waals surface area (Å²) in [5, 5.41) is 11.7. The predicted octanol–water partition coefficient (Wildman–Crippen LogP) is -0.0686. The summed E-state index contributed by atoms with van der Waals surface area (Å²) in [6.07, 6.45) is 1.62. The van der Waals surface area contributed by atoms with E-state index in [-0.39, 0.29) is 6.03 Å². The number of amides is 2. The lowest BCUT2D eigenvalue weighted by atomic mass is 10.2. The van der Waals surface area contributed by atoms with E-state index in [9.17, 15) is 4.79 Å². The van der Waals surface area contributed by atoms with E-state index in [4.69, 9.17) is 5.26 Å². The Kier molecular flexibility index (Phi) is 5.00. The van der Waals surface area contributed by atoms with Crippen molar-refractivity contribution in [1.82, 2.24) is 20.0 Å². The Balaban J connectivity index is 1.69. The van der Waals surface area contributed by atoms with Crippen LogP contribution in [0.1, 0.15) is 12.8 Å². The first kappa shape index (κ1) is 14.1. The molecule has 2 aliphatic rings. The quantitative estimate of drug-likeness (QED) is 0.776. The second-order valence-electron chi connectivity index (χ2n) is 5.43. The topological polar surface area (TPSA) is 62.6 Å². The first-order valence-electron chi connectivity index (χ1n) is 7.02. The van der Waals surface area contributed by atoms with Crippen LogP contribution in [-0.2, 0) is 0 Å². The number of nitriles is 1. The standard InChI is InChI=1S/C13H23N5O/c1-16-6-3-12(11-16)15-13(19)18-9-7-17(8-10-18)5-2-4-14/h12H,2-3,5-11H2,1H3,(H,15,19)/t12-/m1/s1. The van der Waals surface area contributed by atoms with Gasteiger partial charge in [-0.05, 0) is 20.0 Å².